The number of hydrogen-bond donors (Lipinski definition) is 0. The molecule has 4 heteroatoms. The van der Waals surface area contributed by atoms with E-state index >= 15 is 0 Å². The standard InChI is InChI=1S/C17H27N3O/c1-14-11-20(12-15(2)21-14)17-5-9-19(10-6-17)13-16-3-7-18-8-4-16/h3-4,7-8,14-15,17H,5-6,9-13H2,1-2H3/t14-,15-/m0/s1. The van der Waals surface area contributed by atoms with Gasteiger partial charge in [-0.3, -0.25) is 14.8 Å². The van der Waals surface area contributed by atoms with E-state index in [1.165, 1.54) is 31.5 Å². The van der Waals surface area contributed by atoms with Crippen molar-refractivity contribution in [1.29, 1.82) is 0 Å². The molecule has 0 N–H and O–H groups in total. The Morgan fingerprint density at radius 3 is 2.33 bits per heavy atom. The van der Waals surface area contributed by atoms with Crippen LogP contribution in [0.2, 0.25) is 0 Å². The van der Waals surface area contributed by atoms with Crippen LogP contribution in [0.15, 0.2) is 24.5 Å². The molecule has 0 spiro atoms. The first-order chi connectivity index (χ1) is 10.2. The molecule has 0 aromatic carbocycles. The van der Waals surface area contributed by atoms with Crippen molar-refractivity contribution < 1.29 is 4.74 Å². The Morgan fingerprint density at radius 1 is 1.10 bits per heavy atom. The SMILES string of the molecule is C[C@H]1CN(C2CCN(Cc3ccncc3)CC2)C[C@H](C)O1. The summed E-state index contributed by atoms with van der Waals surface area (Å²) in [6.45, 7) is 10.0. The zero-order valence-electron chi connectivity index (χ0n) is 13.2. The average Bonchev–Trinajstić information content (AvgIpc) is 2.48. The lowest BCUT2D eigenvalue weighted by molar-refractivity contribution is -0.0865. The highest BCUT2D eigenvalue weighted by Crippen LogP contribution is 2.22. The second-order valence-corrected chi connectivity index (χ2v) is 6.57. The Bertz CT molecular complexity index is 421. The lowest BCUT2D eigenvalue weighted by Crippen LogP contribution is -2.53. The van der Waals surface area contributed by atoms with Crippen molar-refractivity contribution in [3.8, 4) is 0 Å². The van der Waals surface area contributed by atoms with Crippen molar-refractivity contribution in [2.75, 3.05) is 26.2 Å². The van der Waals surface area contributed by atoms with Gasteiger partial charge in [0.05, 0.1) is 12.2 Å². The number of aromatic nitrogens is 1. The normalized spacial score (nSPS) is 29.6. The molecule has 1 aromatic rings. The monoisotopic (exact) mass is 289 g/mol. The maximum Gasteiger partial charge on any atom is 0.0678 e. The van der Waals surface area contributed by atoms with E-state index in [-0.39, 0.29) is 0 Å². The molecule has 116 valence electrons. The van der Waals surface area contributed by atoms with Crippen LogP contribution in [0.4, 0.5) is 0 Å². The Hall–Kier alpha value is -0.970. The van der Waals surface area contributed by atoms with Crippen LogP contribution in [-0.4, -0.2) is 59.2 Å². The largest absolute Gasteiger partial charge is 0.373 e. The lowest BCUT2D eigenvalue weighted by atomic mass is 10.0. The van der Waals surface area contributed by atoms with Crippen LogP contribution in [0.1, 0.15) is 32.3 Å². The van der Waals surface area contributed by atoms with Crippen molar-refractivity contribution in [1.82, 2.24) is 14.8 Å². The highest BCUT2D eigenvalue weighted by Gasteiger charge is 2.30. The van der Waals surface area contributed by atoms with Crippen LogP contribution in [-0.2, 0) is 11.3 Å². The lowest BCUT2D eigenvalue weighted by Gasteiger charge is -2.43. The van der Waals surface area contributed by atoms with Crippen LogP contribution >= 0.6 is 0 Å². The Morgan fingerprint density at radius 2 is 1.71 bits per heavy atom. The van der Waals surface area contributed by atoms with Gasteiger partial charge in [-0.2, -0.15) is 0 Å². The summed E-state index contributed by atoms with van der Waals surface area (Å²) in [6, 6.07) is 4.99. The average molecular weight is 289 g/mol. The van der Waals surface area contributed by atoms with Crippen LogP contribution < -0.4 is 0 Å². The number of rotatable bonds is 3. The maximum atomic E-state index is 5.85. The summed E-state index contributed by atoms with van der Waals surface area (Å²) < 4.78 is 5.85. The summed E-state index contributed by atoms with van der Waals surface area (Å²) in [5, 5.41) is 0. The summed E-state index contributed by atoms with van der Waals surface area (Å²) in [5.41, 5.74) is 1.37. The van der Waals surface area contributed by atoms with Crippen LogP contribution in [0.25, 0.3) is 0 Å². The highest BCUT2D eigenvalue weighted by molar-refractivity contribution is 5.09. The zero-order valence-corrected chi connectivity index (χ0v) is 13.2. The van der Waals surface area contributed by atoms with Gasteiger partial charge in [0.15, 0.2) is 0 Å². The summed E-state index contributed by atoms with van der Waals surface area (Å²) in [7, 11) is 0. The molecule has 2 atom stereocenters. The van der Waals surface area contributed by atoms with E-state index in [0.717, 1.165) is 25.7 Å². The number of hydrogen-bond acceptors (Lipinski definition) is 4. The fourth-order valence-corrected chi connectivity index (χ4v) is 3.70. The summed E-state index contributed by atoms with van der Waals surface area (Å²) in [6.07, 6.45) is 7.10. The fourth-order valence-electron chi connectivity index (χ4n) is 3.70. The van der Waals surface area contributed by atoms with Gasteiger partial charge in [-0.1, -0.05) is 0 Å². The minimum absolute atomic E-state index is 0.378. The van der Waals surface area contributed by atoms with Gasteiger partial charge in [-0.05, 0) is 57.5 Å². The molecule has 3 heterocycles. The van der Waals surface area contributed by atoms with Gasteiger partial charge < -0.3 is 4.74 Å². The van der Waals surface area contributed by atoms with Gasteiger partial charge in [0.1, 0.15) is 0 Å². The van der Waals surface area contributed by atoms with Crippen LogP contribution in [0.5, 0.6) is 0 Å². The van der Waals surface area contributed by atoms with Crippen molar-refractivity contribution in [2.24, 2.45) is 0 Å². The highest BCUT2D eigenvalue weighted by atomic mass is 16.5. The van der Waals surface area contributed by atoms with Gasteiger partial charge in [-0.25, -0.2) is 0 Å². The van der Waals surface area contributed by atoms with E-state index in [4.69, 9.17) is 4.74 Å². The molecule has 4 nitrogen and oxygen atoms in total. The minimum atomic E-state index is 0.378. The van der Waals surface area contributed by atoms with Gasteiger partial charge in [0.2, 0.25) is 0 Å². The number of nitrogens with zero attached hydrogens (tertiary/aromatic N) is 3. The van der Waals surface area contributed by atoms with Crippen LogP contribution in [0, 0.1) is 0 Å². The first-order valence-electron chi connectivity index (χ1n) is 8.21. The first kappa shape index (κ1) is 14.9. The molecule has 0 aliphatic carbocycles. The molecular weight excluding hydrogens is 262 g/mol. The maximum absolute atomic E-state index is 5.85. The van der Waals surface area contributed by atoms with Gasteiger partial charge >= 0.3 is 0 Å². The van der Waals surface area contributed by atoms with E-state index in [9.17, 15) is 0 Å². The third kappa shape index (κ3) is 4.02. The molecule has 2 aliphatic heterocycles. The molecular formula is C17H27N3O. The van der Waals surface area contributed by atoms with E-state index in [0.29, 0.717) is 12.2 Å². The smallest absolute Gasteiger partial charge is 0.0678 e. The Balaban J connectivity index is 1.48. The molecule has 0 saturated carbocycles. The zero-order chi connectivity index (χ0) is 14.7. The molecule has 0 unspecified atom stereocenters. The van der Waals surface area contributed by atoms with E-state index in [1.54, 1.807) is 0 Å². The summed E-state index contributed by atoms with van der Waals surface area (Å²) in [5.74, 6) is 0. The molecule has 2 saturated heterocycles. The molecule has 3 rings (SSSR count). The molecule has 2 aliphatic rings. The predicted molar refractivity (Wildman–Crippen MR) is 84.1 cm³/mol. The molecule has 21 heavy (non-hydrogen) atoms. The molecule has 1 aromatic heterocycles. The first-order valence-corrected chi connectivity index (χ1v) is 8.21. The third-order valence-corrected chi connectivity index (χ3v) is 4.68. The van der Waals surface area contributed by atoms with Crippen molar-refractivity contribution in [3.05, 3.63) is 30.1 Å². The van der Waals surface area contributed by atoms with Gasteiger partial charge in [0.25, 0.3) is 0 Å². The Kier molecular flexibility index (Phi) is 4.88. The Labute approximate surface area is 128 Å². The van der Waals surface area contributed by atoms with E-state index in [2.05, 4.69) is 40.8 Å². The number of pyridine rings is 1. The number of likely N-dealkylation sites (tertiary alicyclic amines) is 1. The van der Waals surface area contributed by atoms with Crippen molar-refractivity contribution in [2.45, 2.75) is 51.5 Å². The second-order valence-electron chi connectivity index (χ2n) is 6.57. The summed E-state index contributed by atoms with van der Waals surface area (Å²) in [4.78, 5) is 9.31. The van der Waals surface area contributed by atoms with Crippen LogP contribution in [0.3, 0.4) is 0 Å². The third-order valence-electron chi connectivity index (χ3n) is 4.68. The van der Waals surface area contributed by atoms with Gasteiger partial charge in [-0.15, -0.1) is 0 Å². The second kappa shape index (κ2) is 6.86. The fraction of sp³-hybridized carbons (Fsp3) is 0.706. The van der Waals surface area contributed by atoms with Crippen molar-refractivity contribution >= 4 is 0 Å². The summed E-state index contributed by atoms with van der Waals surface area (Å²) >= 11 is 0. The molecule has 0 bridgehead atoms. The number of piperidine rings is 1. The van der Waals surface area contributed by atoms with E-state index < -0.39 is 0 Å². The predicted octanol–water partition coefficient (Wildman–Crippen LogP) is 2.16. The number of morpholine rings is 1. The number of ether oxygens (including phenoxy) is 1. The topological polar surface area (TPSA) is 28.6 Å². The molecule has 0 radical (unpaired) electrons. The quantitative estimate of drug-likeness (QED) is 0.852. The van der Waals surface area contributed by atoms with Gasteiger partial charge in [0, 0.05) is 38.1 Å². The van der Waals surface area contributed by atoms with Crippen molar-refractivity contribution in [3.63, 3.8) is 0 Å². The van der Waals surface area contributed by atoms with E-state index in [1.807, 2.05) is 12.4 Å². The molecule has 0 amide bonds. The molecule has 2 fully saturated rings. The minimum Gasteiger partial charge on any atom is -0.373 e.